The third kappa shape index (κ3) is 7.53. The molecule has 0 aliphatic carbocycles. The van der Waals surface area contributed by atoms with Gasteiger partial charge < -0.3 is 25.2 Å². The maximum Gasteiger partial charge on any atom is 0.415 e. The van der Waals surface area contributed by atoms with Gasteiger partial charge in [0.25, 0.3) is 0 Å². The van der Waals surface area contributed by atoms with Crippen LogP contribution in [0.2, 0.25) is 0 Å². The quantitative estimate of drug-likeness (QED) is 0.486. The van der Waals surface area contributed by atoms with Crippen molar-refractivity contribution in [1.82, 2.24) is 10.6 Å². The molecule has 29 heavy (non-hydrogen) atoms. The molecule has 2 rings (SSSR count). The Morgan fingerprint density at radius 3 is 2.24 bits per heavy atom. The summed E-state index contributed by atoms with van der Waals surface area (Å²) in [6.45, 7) is 3.44. The van der Waals surface area contributed by atoms with Crippen molar-refractivity contribution in [3.63, 3.8) is 0 Å². The van der Waals surface area contributed by atoms with E-state index in [0.717, 1.165) is 5.56 Å². The Balaban J connectivity index is 2.04. The molecule has 0 saturated carbocycles. The topological polar surface area (TPSA) is 114 Å². The van der Waals surface area contributed by atoms with E-state index in [4.69, 9.17) is 9.47 Å². The summed E-state index contributed by atoms with van der Waals surface area (Å²) < 4.78 is 9.88. The van der Waals surface area contributed by atoms with Crippen LogP contribution < -0.4 is 10.6 Å². The predicted molar refractivity (Wildman–Crippen MR) is 105 cm³/mol. The summed E-state index contributed by atoms with van der Waals surface area (Å²) >= 11 is 0. The summed E-state index contributed by atoms with van der Waals surface area (Å²) in [5.74, 6) is -1.01. The molecule has 0 heterocycles. The van der Waals surface area contributed by atoms with Crippen LogP contribution in [0.15, 0.2) is 54.6 Å². The highest BCUT2D eigenvalue weighted by atomic mass is 16.6. The van der Waals surface area contributed by atoms with E-state index in [1.807, 2.05) is 18.2 Å². The lowest BCUT2D eigenvalue weighted by Crippen LogP contribution is -2.45. The Kier molecular flexibility index (Phi) is 8.02. The van der Waals surface area contributed by atoms with Crippen molar-refractivity contribution in [3.05, 3.63) is 65.7 Å². The second-order valence-corrected chi connectivity index (χ2v) is 6.60. The molecule has 0 aliphatic heterocycles. The van der Waals surface area contributed by atoms with Gasteiger partial charge in [-0.15, -0.1) is 0 Å². The van der Waals surface area contributed by atoms with Crippen LogP contribution in [0.1, 0.15) is 25.0 Å². The number of carbonyl (C=O) groups is 3. The first-order chi connectivity index (χ1) is 13.8. The zero-order valence-electron chi connectivity index (χ0n) is 16.3. The fourth-order valence-corrected chi connectivity index (χ4v) is 2.43. The average molecular weight is 400 g/mol. The van der Waals surface area contributed by atoms with Gasteiger partial charge in [-0.1, -0.05) is 48.5 Å². The molecule has 0 fully saturated rings. The Labute approximate surface area is 168 Å². The Morgan fingerprint density at radius 1 is 0.931 bits per heavy atom. The summed E-state index contributed by atoms with van der Waals surface area (Å²) in [6, 6.07) is 13.9. The first kappa shape index (κ1) is 21.7. The van der Waals surface area contributed by atoms with Crippen molar-refractivity contribution in [2.75, 3.05) is 0 Å². The second-order valence-electron chi connectivity index (χ2n) is 6.60. The van der Waals surface area contributed by atoms with Crippen LogP contribution in [0.3, 0.4) is 0 Å². The van der Waals surface area contributed by atoms with Gasteiger partial charge in [0.1, 0.15) is 18.4 Å². The molecule has 0 saturated heterocycles. The second kappa shape index (κ2) is 10.7. The van der Waals surface area contributed by atoms with Crippen molar-refractivity contribution in [2.24, 2.45) is 0 Å². The molecular formula is C21H24N2O6. The molecule has 2 aromatic rings. The number of carbonyl (C=O) groups excluding carboxylic acids is 3. The molecule has 0 bridgehead atoms. The maximum atomic E-state index is 12.4. The van der Waals surface area contributed by atoms with Gasteiger partial charge >= 0.3 is 18.2 Å². The zero-order chi connectivity index (χ0) is 21.2. The minimum absolute atomic E-state index is 0.0128. The minimum atomic E-state index is -1.23. The number of esters is 1. The SMILES string of the molecule is CC(C)NC(=O)OC(=O)C(Cc1ccccc1O)NC(=O)OCc1ccccc1. The first-order valence-corrected chi connectivity index (χ1v) is 9.11. The number of hydrogen-bond donors (Lipinski definition) is 3. The molecule has 0 aliphatic rings. The van der Waals surface area contributed by atoms with Crippen LogP contribution >= 0.6 is 0 Å². The van der Waals surface area contributed by atoms with Gasteiger partial charge in [0.05, 0.1) is 0 Å². The van der Waals surface area contributed by atoms with Gasteiger partial charge in [-0.3, -0.25) is 0 Å². The Hall–Kier alpha value is -3.55. The molecule has 8 nitrogen and oxygen atoms in total. The van der Waals surface area contributed by atoms with Gasteiger partial charge in [0.15, 0.2) is 0 Å². The summed E-state index contributed by atoms with van der Waals surface area (Å²) in [7, 11) is 0. The number of hydrogen-bond acceptors (Lipinski definition) is 6. The van der Waals surface area contributed by atoms with E-state index in [9.17, 15) is 19.5 Å². The fourth-order valence-electron chi connectivity index (χ4n) is 2.43. The zero-order valence-corrected chi connectivity index (χ0v) is 16.3. The molecule has 1 atom stereocenters. The number of aromatic hydroxyl groups is 1. The van der Waals surface area contributed by atoms with Gasteiger partial charge in [-0.25, -0.2) is 14.4 Å². The predicted octanol–water partition coefficient (Wildman–Crippen LogP) is 2.89. The number of rotatable bonds is 7. The van der Waals surface area contributed by atoms with E-state index >= 15 is 0 Å². The molecule has 0 spiro atoms. The van der Waals surface area contributed by atoms with Crippen LogP contribution in [-0.4, -0.2) is 35.3 Å². The lowest BCUT2D eigenvalue weighted by atomic mass is 10.1. The number of para-hydroxylation sites is 1. The molecule has 2 aromatic carbocycles. The number of nitrogens with one attached hydrogen (secondary N) is 2. The smallest absolute Gasteiger partial charge is 0.415 e. The number of phenolic OH excluding ortho intramolecular Hbond substituents is 1. The number of amides is 2. The molecule has 2 amide bonds. The molecule has 8 heteroatoms. The van der Waals surface area contributed by atoms with Gasteiger partial charge in [-0.2, -0.15) is 0 Å². The third-order valence-corrected chi connectivity index (χ3v) is 3.80. The van der Waals surface area contributed by atoms with Gasteiger partial charge in [0.2, 0.25) is 0 Å². The average Bonchev–Trinajstić information content (AvgIpc) is 2.67. The van der Waals surface area contributed by atoms with Crippen LogP contribution in [0.25, 0.3) is 0 Å². The van der Waals surface area contributed by atoms with Crippen molar-refractivity contribution in [1.29, 1.82) is 0 Å². The van der Waals surface area contributed by atoms with Crippen molar-refractivity contribution < 1.29 is 29.0 Å². The van der Waals surface area contributed by atoms with Crippen LogP contribution in [0, 0.1) is 0 Å². The number of alkyl carbamates (subject to hydrolysis) is 2. The van der Waals surface area contributed by atoms with E-state index in [0.29, 0.717) is 5.56 Å². The molecule has 3 N–H and O–H groups in total. The van der Waals surface area contributed by atoms with Gasteiger partial charge in [-0.05, 0) is 31.0 Å². The highest BCUT2D eigenvalue weighted by Gasteiger charge is 2.27. The maximum absolute atomic E-state index is 12.4. The highest BCUT2D eigenvalue weighted by molar-refractivity contribution is 5.90. The normalized spacial score (nSPS) is 11.4. The van der Waals surface area contributed by atoms with Crippen LogP contribution in [-0.2, 0) is 27.3 Å². The fraction of sp³-hybridized carbons (Fsp3) is 0.286. The first-order valence-electron chi connectivity index (χ1n) is 9.11. The lowest BCUT2D eigenvalue weighted by molar-refractivity contribution is -0.139. The number of phenols is 1. The van der Waals surface area contributed by atoms with E-state index in [1.54, 1.807) is 44.2 Å². The summed E-state index contributed by atoms with van der Waals surface area (Å²) in [6.07, 6.45) is -1.86. The molecule has 0 radical (unpaired) electrons. The van der Waals surface area contributed by atoms with Crippen molar-refractivity contribution in [2.45, 2.75) is 39.0 Å². The summed E-state index contributed by atoms with van der Waals surface area (Å²) in [4.78, 5) is 36.3. The number of benzene rings is 2. The summed E-state index contributed by atoms with van der Waals surface area (Å²) in [5.41, 5.74) is 1.18. The monoisotopic (exact) mass is 400 g/mol. The molecule has 0 aromatic heterocycles. The number of ether oxygens (including phenoxy) is 2. The van der Waals surface area contributed by atoms with Crippen LogP contribution in [0.5, 0.6) is 5.75 Å². The van der Waals surface area contributed by atoms with Crippen molar-refractivity contribution >= 4 is 18.2 Å². The molecule has 1 unspecified atom stereocenters. The van der Waals surface area contributed by atoms with E-state index < -0.39 is 24.2 Å². The van der Waals surface area contributed by atoms with Crippen LogP contribution in [0.4, 0.5) is 9.59 Å². The Bertz CT molecular complexity index is 838. The van der Waals surface area contributed by atoms with Gasteiger partial charge in [0, 0.05) is 12.5 Å². The minimum Gasteiger partial charge on any atom is -0.508 e. The standard InChI is InChI=1S/C21H24N2O6/c1-14(2)22-21(27)29-19(25)17(12-16-10-6-7-11-18(16)24)23-20(26)28-13-15-8-4-3-5-9-15/h3-11,14,17,24H,12-13H2,1-2H3,(H,22,27)(H,23,26). The third-order valence-electron chi connectivity index (χ3n) is 3.80. The summed E-state index contributed by atoms with van der Waals surface area (Å²) in [5, 5.41) is 14.8. The van der Waals surface area contributed by atoms with E-state index in [-0.39, 0.29) is 24.8 Å². The van der Waals surface area contributed by atoms with E-state index in [2.05, 4.69) is 10.6 Å². The molecule has 154 valence electrons. The van der Waals surface area contributed by atoms with E-state index in [1.165, 1.54) is 6.07 Å². The largest absolute Gasteiger partial charge is 0.508 e. The van der Waals surface area contributed by atoms with Crippen molar-refractivity contribution in [3.8, 4) is 5.75 Å². The lowest BCUT2D eigenvalue weighted by Gasteiger charge is -2.18. The highest BCUT2D eigenvalue weighted by Crippen LogP contribution is 2.18. The molecular weight excluding hydrogens is 376 g/mol. The Morgan fingerprint density at radius 2 is 1.59 bits per heavy atom.